The lowest BCUT2D eigenvalue weighted by molar-refractivity contribution is -0.128. The zero-order valence-electron chi connectivity index (χ0n) is 7.99. The molecule has 3 N–H and O–H groups in total. The molecule has 0 spiro atoms. The average Bonchev–Trinajstić information content (AvgIpc) is 2.33. The van der Waals surface area contributed by atoms with Gasteiger partial charge in [0.25, 0.3) is 0 Å². The number of hydrogen-bond donors (Lipinski definition) is 2. The van der Waals surface area contributed by atoms with Gasteiger partial charge in [-0.1, -0.05) is 0 Å². The highest BCUT2D eigenvalue weighted by atomic mass is 16.2. The second kappa shape index (κ2) is 3.27. The van der Waals surface area contributed by atoms with E-state index in [0.29, 0.717) is 12.1 Å². The molecule has 1 aliphatic carbocycles. The first-order valence-electron chi connectivity index (χ1n) is 4.93. The predicted octanol–water partition coefficient (Wildman–Crippen LogP) is -0.704. The Balaban J connectivity index is 1.79. The number of hydrogen-bond acceptors (Lipinski definition) is 3. The lowest BCUT2D eigenvalue weighted by atomic mass is 9.87. The van der Waals surface area contributed by atoms with Gasteiger partial charge in [0.1, 0.15) is 0 Å². The summed E-state index contributed by atoms with van der Waals surface area (Å²) in [5, 5.41) is 3.35. The van der Waals surface area contributed by atoms with Gasteiger partial charge in [0, 0.05) is 25.7 Å². The summed E-state index contributed by atoms with van der Waals surface area (Å²) in [4.78, 5) is 13.3. The van der Waals surface area contributed by atoms with Crippen molar-refractivity contribution in [1.82, 2.24) is 10.2 Å². The van der Waals surface area contributed by atoms with Gasteiger partial charge in [0.2, 0.25) is 5.91 Å². The summed E-state index contributed by atoms with van der Waals surface area (Å²) in [7, 11) is 1.86. The molecule has 0 aromatic heterocycles. The second-order valence-electron chi connectivity index (χ2n) is 4.20. The second-order valence-corrected chi connectivity index (χ2v) is 4.20. The van der Waals surface area contributed by atoms with Gasteiger partial charge in [-0.3, -0.25) is 4.79 Å². The quantitative estimate of drug-likeness (QED) is 0.595. The van der Waals surface area contributed by atoms with Gasteiger partial charge >= 0.3 is 0 Å². The lowest BCUT2D eigenvalue weighted by Gasteiger charge is -2.34. The van der Waals surface area contributed by atoms with Crippen LogP contribution in [0, 0.1) is 0 Å². The van der Waals surface area contributed by atoms with E-state index in [4.69, 9.17) is 5.73 Å². The van der Waals surface area contributed by atoms with Crippen molar-refractivity contribution in [2.45, 2.75) is 37.4 Å². The molecule has 1 atom stereocenters. The minimum absolute atomic E-state index is 0.0579. The van der Waals surface area contributed by atoms with Crippen LogP contribution in [0.15, 0.2) is 0 Å². The van der Waals surface area contributed by atoms with Crippen LogP contribution in [0.5, 0.6) is 0 Å². The largest absolute Gasteiger partial charge is 0.344 e. The van der Waals surface area contributed by atoms with Crippen LogP contribution in [0.1, 0.15) is 19.3 Å². The van der Waals surface area contributed by atoms with Gasteiger partial charge in [-0.2, -0.15) is 0 Å². The van der Waals surface area contributed by atoms with E-state index < -0.39 is 0 Å². The zero-order chi connectivity index (χ0) is 9.42. The Hall–Kier alpha value is -0.610. The minimum Gasteiger partial charge on any atom is -0.344 e. The Labute approximate surface area is 78.5 Å². The van der Waals surface area contributed by atoms with Crippen molar-refractivity contribution in [2.75, 3.05) is 13.6 Å². The van der Waals surface area contributed by atoms with Crippen molar-refractivity contribution in [3.05, 3.63) is 0 Å². The van der Waals surface area contributed by atoms with Gasteiger partial charge in [0.05, 0.1) is 6.04 Å². The number of nitrogens with zero attached hydrogens (tertiary/aromatic N) is 1. The molecule has 0 aromatic rings. The molecule has 0 aromatic carbocycles. The molecular formula is C9H17N3O. The molecule has 1 amide bonds. The Kier molecular flexibility index (Phi) is 2.26. The third-order valence-electron chi connectivity index (χ3n) is 3.04. The Morgan fingerprint density at radius 3 is 2.69 bits per heavy atom. The van der Waals surface area contributed by atoms with Crippen LogP contribution in [0.2, 0.25) is 0 Å². The summed E-state index contributed by atoms with van der Waals surface area (Å²) in [6.07, 6.45) is 2.99. The van der Waals surface area contributed by atoms with E-state index >= 15 is 0 Å². The molecule has 4 heteroatoms. The Morgan fingerprint density at radius 1 is 1.54 bits per heavy atom. The molecule has 1 unspecified atom stereocenters. The fourth-order valence-electron chi connectivity index (χ4n) is 2.06. The minimum atomic E-state index is 0.0579. The number of likely N-dealkylation sites (N-methyl/N-ethyl adjacent to an activating group) is 1. The SMILES string of the molecule is CN1CCC(NC2CC(N)C2)C1=O. The normalized spacial score (nSPS) is 39.4. The van der Waals surface area contributed by atoms with Crippen LogP contribution in [-0.2, 0) is 4.79 Å². The molecule has 2 fully saturated rings. The first-order valence-corrected chi connectivity index (χ1v) is 4.93. The molecule has 13 heavy (non-hydrogen) atoms. The van der Waals surface area contributed by atoms with Crippen molar-refractivity contribution in [2.24, 2.45) is 5.73 Å². The molecule has 2 aliphatic rings. The molecule has 1 heterocycles. The maximum atomic E-state index is 11.5. The van der Waals surface area contributed by atoms with Crippen molar-refractivity contribution in [3.8, 4) is 0 Å². The highest BCUT2D eigenvalue weighted by Gasteiger charge is 2.34. The highest BCUT2D eigenvalue weighted by Crippen LogP contribution is 2.20. The van der Waals surface area contributed by atoms with Crippen molar-refractivity contribution in [3.63, 3.8) is 0 Å². The van der Waals surface area contributed by atoms with Crippen molar-refractivity contribution >= 4 is 5.91 Å². The van der Waals surface area contributed by atoms with E-state index in [1.165, 1.54) is 0 Å². The number of nitrogens with two attached hydrogens (primary N) is 1. The summed E-state index contributed by atoms with van der Waals surface area (Å²) in [6, 6.07) is 0.893. The number of likely N-dealkylation sites (tertiary alicyclic amines) is 1. The van der Waals surface area contributed by atoms with Crippen molar-refractivity contribution in [1.29, 1.82) is 0 Å². The third-order valence-corrected chi connectivity index (χ3v) is 3.04. The van der Waals surface area contributed by atoms with Gasteiger partial charge in [-0.25, -0.2) is 0 Å². The molecule has 1 saturated heterocycles. The number of amides is 1. The maximum absolute atomic E-state index is 11.5. The summed E-state index contributed by atoms with van der Waals surface area (Å²) in [6.45, 7) is 0.884. The van der Waals surface area contributed by atoms with Crippen LogP contribution in [0.3, 0.4) is 0 Å². The number of carbonyl (C=O) groups excluding carboxylic acids is 1. The van der Waals surface area contributed by atoms with E-state index in [2.05, 4.69) is 5.32 Å². The third kappa shape index (κ3) is 1.69. The molecule has 0 radical (unpaired) electrons. The van der Waals surface area contributed by atoms with E-state index in [0.717, 1.165) is 25.8 Å². The number of nitrogens with one attached hydrogen (secondary N) is 1. The van der Waals surface area contributed by atoms with Gasteiger partial charge in [-0.05, 0) is 19.3 Å². The number of rotatable bonds is 2. The van der Waals surface area contributed by atoms with Crippen molar-refractivity contribution < 1.29 is 4.79 Å². The van der Waals surface area contributed by atoms with Gasteiger partial charge < -0.3 is 16.0 Å². The Bertz CT molecular complexity index is 213. The van der Waals surface area contributed by atoms with E-state index in [9.17, 15) is 4.79 Å². The molecular weight excluding hydrogens is 166 g/mol. The van der Waals surface area contributed by atoms with Crippen LogP contribution in [-0.4, -0.2) is 42.5 Å². The van der Waals surface area contributed by atoms with E-state index in [1.807, 2.05) is 7.05 Å². The standard InChI is InChI=1S/C9H17N3O/c1-12-3-2-8(9(12)13)11-7-4-6(10)5-7/h6-8,11H,2-5,10H2,1H3. The molecule has 74 valence electrons. The zero-order valence-corrected chi connectivity index (χ0v) is 7.99. The number of carbonyl (C=O) groups is 1. The van der Waals surface area contributed by atoms with Gasteiger partial charge in [-0.15, -0.1) is 0 Å². The molecule has 1 saturated carbocycles. The topological polar surface area (TPSA) is 58.4 Å². The van der Waals surface area contributed by atoms with E-state index in [-0.39, 0.29) is 11.9 Å². The summed E-state index contributed by atoms with van der Waals surface area (Å²) >= 11 is 0. The molecule has 0 bridgehead atoms. The molecule has 4 nitrogen and oxygen atoms in total. The average molecular weight is 183 g/mol. The summed E-state index contributed by atoms with van der Waals surface area (Å²) in [5.41, 5.74) is 5.67. The van der Waals surface area contributed by atoms with E-state index in [1.54, 1.807) is 4.90 Å². The fraction of sp³-hybridized carbons (Fsp3) is 0.889. The highest BCUT2D eigenvalue weighted by molar-refractivity contribution is 5.83. The fourth-order valence-corrected chi connectivity index (χ4v) is 2.06. The summed E-state index contributed by atoms with van der Waals surface area (Å²) < 4.78 is 0. The first-order chi connectivity index (χ1) is 6.16. The predicted molar refractivity (Wildman–Crippen MR) is 50.2 cm³/mol. The smallest absolute Gasteiger partial charge is 0.239 e. The summed E-state index contributed by atoms with van der Waals surface area (Å²) in [5.74, 6) is 0.237. The van der Waals surface area contributed by atoms with Crippen LogP contribution < -0.4 is 11.1 Å². The van der Waals surface area contributed by atoms with Crippen LogP contribution in [0.25, 0.3) is 0 Å². The first kappa shape index (κ1) is 8.97. The molecule has 2 rings (SSSR count). The van der Waals surface area contributed by atoms with Gasteiger partial charge in [0.15, 0.2) is 0 Å². The Morgan fingerprint density at radius 2 is 2.23 bits per heavy atom. The lowest BCUT2D eigenvalue weighted by Crippen LogP contribution is -2.53. The van der Waals surface area contributed by atoms with Crippen LogP contribution in [0.4, 0.5) is 0 Å². The monoisotopic (exact) mass is 183 g/mol. The maximum Gasteiger partial charge on any atom is 0.239 e. The molecule has 1 aliphatic heterocycles. The van der Waals surface area contributed by atoms with Crippen LogP contribution >= 0.6 is 0 Å².